The molecule has 0 spiro atoms. The van der Waals surface area contributed by atoms with Gasteiger partial charge in [-0.15, -0.1) is 18.3 Å². The number of halogens is 3. The molecule has 10 heteroatoms. The summed E-state index contributed by atoms with van der Waals surface area (Å²) in [5.41, 5.74) is 0.512. The Balaban J connectivity index is 1.98. The quantitative estimate of drug-likeness (QED) is 0.487. The van der Waals surface area contributed by atoms with E-state index in [9.17, 15) is 22.8 Å². The lowest BCUT2D eigenvalue weighted by atomic mass is 9.82. The van der Waals surface area contributed by atoms with Crippen molar-refractivity contribution in [3.05, 3.63) is 36.0 Å². The molecule has 1 amide bonds. The minimum absolute atomic E-state index is 0.0911. The third kappa shape index (κ3) is 6.09. The molecule has 7 nitrogen and oxygen atoms in total. The van der Waals surface area contributed by atoms with Gasteiger partial charge in [-0.2, -0.15) is 0 Å². The predicted molar refractivity (Wildman–Crippen MR) is 120 cm³/mol. The van der Waals surface area contributed by atoms with Crippen molar-refractivity contribution in [3.63, 3.8) is 0 Å². The van der Waals surface area contributed by atoms with Crippen LogP contribution >= 0.6 is 0 Å². The van der Waals surface area contributed by atoms with Gasteiger partial charge in [-0.05, 0) is 76.6 Å². The molecule has 1 saturated carbocycles. The summed E-state index contributed by atoms with van der Waals surface area (Å²) in [4.78, 5) is 27.8. The highest BCUT2D eigenvalue weighted by Crippen LogP contribution is 2.33. The summed E-state index contributed by atoms with van der Waals surface area (Å²) in [5.74, 6) is -0.497. The van der Waals surface area contributed by atoms with Crippen LogP contribution < -0.4 is 9.64 Å². The fourth-order valence-electron chi connectivity index (χ4n) is 4.14. The molecule has 1 aliphatic carbocycles. The minimum atomic E-state index is -4.80. The summed E-state index contributed by atoms with van der Waals surface area (Å²) in [6.07, 6.45) is 0.117. The SMILES string of the molecule is CCOC(=O)c1cn(-c2ccc(OC(F)(F)F)cc2)nc1N(C(=O)[C@H]1CC[C@H](C)CC1)C(C)C. The van der Waals surface area contributed by atoms with Crippen LogP contribution in [0.3, 0.4) is 0 Å². The van der Waals surface area contributed by atoms with Crippen LogP contribution in [-0.2, 0) is 9.53 Å². The van der Waals surface area contributed by atoms with Crippen molar-refractivity contribution in [2.24, 2.45) is 11.8 Å². The molecule has 0 atom stereocenters. The van der Waals surface area contributed by atoms with Gasteiger partial charge in [0.05, 0.1) is 12.3 Å². The Morgan fingerprint density at radius 1 is 1.15 bits per heavy atom. The molecule has 0 N–H and O–H groups in total. The Hall–Kier alpha value is -3.04. The molecule has 2 aromatic rings. The van der Waals surface area contributed by atoms with Crippen molar-refractivity contribution in [1.29, 1.82) is 0 Å². The van der Waals surface area contributed by atoms with Gasteiger partial charge in [0.15, 0.2) is 5.82 Å². The minimum Gasteiger partial charge on any atom is -0.462 e. The Labute approximate surface area is 196 Å². The largest absolute Gasteiger partial charge is 0.573 e. The highest BCUT2D eigenvalue weighted by atomic mass is 19.4. The van der Waals surface area contributed by atoms with E-state index in [4.69, 9.17) is 4.74 Å². The summed E-state index contributed by atoms with van der Waals surface area (Å²) >= 11 is 0. The van der Waals surface area contributed by atoms with E-state index < -0.39 is 12.3 Å². The van der Waals surface area contributed by atoms with Crippen molar-refractivity contribution < 1.29 is 32.2 Å². The molecule has 186 valence electrons. The molecule has 1 fully saturated rings. The van der Waals surface area contributed by atoms with Crippen LogP contribution in [0.5, 0.6) is 5.75 Å². The first kappa shape index (κ1) is 25.6. The van der Waals surface area contributed by atoms with Crippen molar-refractivity contribution in [2.45, 2.75) is 65.8 Å². The second kappa shape index (κ2) is 10.5. The number of carbonyl (C=O) groups is 2. The standard InChI is InChI=1S/C24H30F3N3O4/c1-5-33-23(32)20-14-29(18-10-12-19(13-11-18)34-24(25,26)27)28-21(20)30(15(2)3)22(31)17-8-6-16(4)7-9-17/h10-17H,5-9H2,1-4H3/t16-,17-. The van der Waals surface area contributed by atoms with Crippen molar-refractivity contribution in [3.8, 4) is 11.4 Å². The van der Waals surface area contributed by atoms with E-state index in [-0.39, 0.29) is 41.6 Å². The van der Waals surface area contributed by atoms with E-state index in [0.717, 1.165) is 37.8 Å². The summed E-state index contributed by atoms with van der Waals surface area (Å²) in [6.45, 7) is 7.69. The summed E-state index contributed by atoms with van der Waals surface area (Å²) in [6, 6.07) is 4.81. The van der Waals surface area contributed by atoms with Crippen LogP contribution in [0.15, 0.2) is 30.5 Å². The van der Waals surface area contributed by atoms with Gasteiger partial charge in [-0.3, -0.25) is 9.69 Å². The fraction of sp³-hybridized carbons (Fsp3) is 0.542. The third-order valence-corrected chi connectivity index (χ3v) is 5.87. The zero-order valence-corrected chi connectivity index (χ0v) is 19.8. The van der Waals surface area contributed by atoms with Gasteiger partial charge in [0.2, 0.25) is 5.91 Å². The van der Waals surface area contributed by atoms with Crippen molar-refractivity contribution in [2.75, 3.05) is 11.5 Å². The molecular formula is C24H30F3N3O4. The fourth-order valence-corrected chi connectivity index (χ4v) is 4.14. The van der Waals surface area contributed by atoms with E-state index in [1.165, 1.54) is 27.9 Å². The molecule has 0 radical (unpaired) electrons. The van der Waals surface area contributed by atoms with Gasteiger partial charge in [-0.1, -0.05) is 6.92 Å². The normalized spacial score (nSPS) is 18.6. The number of benzene rings is 1. The Morgan fingerprint density at radius 2 is 1.76 bits per heavy atom. The lowest BCUT2D eigenvalue weighted by molar-refractivity contribution is -0.274. The summed E-state index contributed by atoms with van der Waals surface area (Å²) in [5, 5.41) is 4.50. The topological polar surface area (TPSA) is 73.7 Å². The zero-order chi connectivity index (χ0) is 25.0. The molecular weight excluding hydrogens is 451 g/mol. The number of hydrogen-bond acceptors (Lipinski definition) is 5. The maximum atomic E-state index is 13.5. The molecule has 0 aliphatic heterocycles. The highest BCUT2D eigenvalue weighted by molar-refractivity contribution is 6.02. The van der Waals surface area contributed by atoms with Crippen LogP contribution in [0.25, 0.3) is 5.69 Å². The van der Waals surface area contributed by atoms with E-state index >= 15 is 0 Å². The number of ether oxygens (including phenoxy) is 2. The molecule has 0 saturated heterocycles. The summed E-state index contributed by atoms with van der Waals surface area (Å²) in [7, 11) is 0. The van der Waals surface area contributed by atoms with E-state index in [2.05, 4.69) is 16.8 Å². The van der Waals surface area contributed by atoms with E-state index in [1.54, 1.807) is 6.92 Å². The average molecular weight is 482 g/mol. The maximum Gasteiger partial charge on any atom is 0.573 e. The highest BCUT2D eigenvalue weighted by Gasteiger charge is 2.35. The molecule has 34 heavy (non-hydrogen) atoms. The van der Waals surface area contributed by atoms with Gasteiger partial charge in [0.25, 0.3) is 0 Å². The molecule has 1 aliphatic rings. The molecule has 0 bridgehead atoms. The van der Waals surface area contributed by atoms with Gasteiger partial charge in [-0.25, -0.2) is 9.48 Å². The molecule has 3 rings (SSSR count). The van der Waals surface area contributed by atoms with Gasteiger partial charge >= 0.3 is 12.3 Å². The van der Waals surface area contributed by atoms with Crippen LogP contribution in [0.1, 0.15) is 63.7 Å². The number of carbonyl (C=O) groups excluding carboxylic acids is 2. The van der Waals surface area contributed by atoms with Gasteiger partial charge < -0.3 is 9.47 Å². The maximum absolute atomic E-state index is 13.5. The van der Waals surface area contributed by atoms with Gasteiger partial charge in [0, 0.05) is 18.2 Å². The number of esters is 1. The van der Waals surface area contributed by atoms with Crippen molar-refractivity contribution >= 4 is 17.7 Å². The predicted octanol–water partition coefficient (Wildman–Crippen LogP) is 5.52. The average Bonchev–Trinajstić information content (AvgIpc) is 3.18. The Morgan fingerprint density at radius 3 is 2.29 bits per heavy atom. The van der Waals surface area contributed by atoms with E-state index in [0.29, 0.717) is 11.6 Å². The molecule has 1 aromatic carbocycles. The van der Waals surface area contributed by atoms with Gasteiger partial charge in [0.1, 0.15) is 11.3 Å². The number of hydrogen-bond donors (Lipinski definition) is 0. The smallest absolute Gasteiger partial charge is 0.462 e. The third-order valence-electron chi connectivity index (χ3n) is 5.87. The summed E-state index contributed by atoms with van der Waals surface area (Å²) < 4.78 is 47.9. The molecule has 0 unspecified atom stereocenters. The number of alkyl halides is 3. The number of nitrogens with zero attached hydrogens (tertiary/aromatic N) is 3. The number of rotatable bonds is 7. The van der Waals surface area contributed by atoms with Crippen LogP contribution in [0.2, 0.25) is 0 Å². The second-order valence-corrected chi connectivity index (χ2v) is 8.83. The first-order valence-electron chi connectivity index (χ1n) is 11.5. The molecule has 1 aromatic heterocycles. The first-order chi connectivity index (χ1) is 16.0. The van der Waals surface area contributed by atoms with Crippen LogP contribution in [-0.4, -0.2) is 40.7 Å². The number of amides is 1. The van der Waals surface area contributed by atoms with Crippen LogP contribution in [0.4, 0.5) is 19.0 Å². The van der Waals surface area contributed by atoms with Crippen LogP contribution in [0, 0.1) is 11.8 Å². The zero-order valence-electron chi connectivity index (χ0n) is 19.8. The lowest BCUT2D eigenvalue weighted by Gasteiger charge is -2.32. The first-order valence-corrected chi connectivity index (χ1v) is 11.5. The lowest BCUT2D eigenvalue weighted by Crippen LogP contribution is -2.43. The molecule has 1 heterocycles. The Kier molecular flexibility index (Phi) is 7.89. The number of anilines is 1. The number of aromatic nitrogens is 2. The van der Waals surface area contributed by atoms with Crippen molar-refractivity contribution in [1.82, 2.24) is 9.78 Å². The second-order valence-electron chi connectivity index (χ2n) is 8.83. The Bertz CT molecular complexity index is 994. The monoisotopic (exact) mass is 481 g/mol. The van der Waals surface area contributed by atoms with E-state index in [1.807, 2.05) is 13.8 Å².